The third-order valence-corrected chi connectivity index (χ3v) is 3.24. The zero-order chi connectivity index (χ0) is 12.1. The highest BCUT2D eigenvalue weighted by Crippen LogP contribution is 2.15. The summed E-state index contributed by atoms with van der Waals surface area (Å²) in [6.07, 6.45) is 5.44. The first-order chi connectivity index (χ1) is 8.29. The molecule has 94 valence electrons. The Hall–Kier alpha value is -1.16. The number of nitrogens with one attached hydrogen (secondary N) is 1. The molecule has 1 N–H and O–H groups in total. The Balaban J connectivity index is 1.86. The van der Waals surface area contributed by atoms with Crippen LogP contribution in [0.2, 0.25) is 0 Å². The van der Waals surface area contributed by atoms with Crippen LogP contribution in [0.1, 0.15) is 31.9 Å². The lowest BCUT2D eigenvalue weighted by atomic mass is 10.1. The molecule has 1 saturated heterocycles. The molecule has 2 heterocycles. The van der Waals surface area contributed by atoms with Crippen LogP contribution in [0.15, 0.2) is 12.3 Å². The Morgan fingerprint density at radius 1 is 1.41 bits per heavy atom. The van der Waals surface area contributed by atoms with Crippen LogP contribution in [0.4, 0.5) is 5.95 Å². The van der Waals surface area contributed by atoms with Crippen molar-refractivity contribution in [3.05, 3.63) is 18.0 Å². The molecule has 0 bridgehead atoms. The van der Waals surface area contributed by atoms with Gasteiger partial charge in [-0.1, -0.05) is 6.92 Å². The minimum Gasteiger partial charge on any atom is -0.341 e. The molecular formula is C13H22N4. The predicted octanol–water partition coefficient (Wildman–Crippen LogP) is 1.75. The highest BCUT2D eigenvalue weighted by Gasteiger charge is 2.20. The molecule has 1 aliphatic rings. The molecule has 1 aromatic rings. The fourth-order valence-electron chi connectivity index (χ4n) is 2.22. The van der Waals surface area contributed by atoms with Crippen LogP contribution < -0.4 is 10.2 Å². The van der Waals surface area contributed by atoms with Crippen LogP contribution in [0.25, 0.3) is 0 Å². The highest BCUT2D eigenvalue weighted by atomic mass is 15.3. The molecule has 2 rings (SSSR count). The number of nitrogens with zero attached hydrogens (tertiary/aromatic N) is 3. The average molecular weight is 234 g/mol. The van der Waals surface area contributed by atoms with Gasteiger partial charge in [-0.15, -0.1) is 0 Å². The Morgan fingerprint density at radius 3 is 2.82 bits per heavy atom. The van der Waals surface area contributed by atoms with E-state index in [0.29, 0.717) is 6.04 Å². The second-order valence-corrected chi connectivity index (χ2v) is 4.71. The molecule has 4 nitrogen and oxygen atoms in total. The number of rotatable bonds is 4. The minimum atomic E-state index is 0.677. The second-order valence-electron chi connectivity index (χ2n) is 4.71. The molecule has 17 heavy (non-hydrogen) atoms. The molecule has 0 atom stereocenters. The van der Waals surface area contributed by atoms with Crippen molar-refractivity contribution in [3.63, 3.8) is 0 Å². The molecule has 1 fully saturated rings. The summed E-state index contributed by atoms with van der Waals surface area (Å²) in [6, 6.07) is 2.62. The first-order valence-corrected chi connectivity index (χ1v) is 6.57. The van der Waals surface area contributed by atoms with E-state index in [2.05, 4.69) is 27.1 Å². The van der Waals surface area contributed by atoms with Crippen LogP contribution in [-0.4, -0.2) is 35.6 Å². The Labute approximate surface area is 103 Å². The summed E-state index contributed by atoms with van der Waals surface area (Å²) in [4.78, 5) is 11.1. The van der Waals surface area contributed by atoms with Crippen molar-refractivity contribution in [2.75, 3.05) is 24.5 Å². The summed E-state index contributed by atoms with van der Waals surface area (Å²) in [7, 11) is 0. The third-order valence-electron chi connectivity index (χ3n) is 3.24. The molecule has 0 radical (unpaired) electrons. The van der Waals surface area contributed by atoms with Gasteiger partial charge in [0.15, 0.2) is 0 Å². The Morgan fingerprint density at radius 2 is 2.18 bits per heavy atom. The maximum atomic E-state index is 4.48. The van der Waals surface area contributed by atoms with Gasteiger partial charge in [-0.25, -0.2) is 9.97 Å². The van der Waals surface area contributed by atoms with E-state index in [1.165, 1.54) is 19.3 Å². The topological polar surface area (TPSA) is 41.0 Å². The van der Waals surface area contributed by atoms with E-state index in [9.17, 15) is 0 Å². The van der Waals surface area contributed by atoms with Crippen LogP contribution in [0.3, 0.4) is 0 Å². The molecule has 0 saturated carbocycles. The summed E-state index contributed by atoms with van der Waals surface area (Å²) in [5, 5.41) is 3.59. The zero-order valence-corrected chi connectivity index (χ0v) is 10.8. The van der Waals surface area contributed by atoms with Gasteiger partial charge in [0.05, 0.1) is 0 Å². The third kappa shape index (κ3) is 3.40. The number of hydrogen-bond donors (Lipinski definition) is 1. The van der Waals surface area contributed by atoms with Gasteiger partial charge in [0, 0.05) is 31.0 Å². The summed E-state index contributed by atoms with van der Waals surface area (Å²) in [6.45, 7) is 7.48. The van der Waals surface area contributed by atoms with Crippen LogP contribution in [0, 0.1) is 6.92 Å². The van der Waals surface area contributed by atoms with Gasteiger partial charge in [-0.2, -0.15) is 0 Å². The Bertz CT molecular complexity index is 345. The molecule has 0 amide bonds. The Kier molecular flexibility index (Phi) is 4.31. The van der Waals surface area contributed by atoms with Gasteiger partial charge in [0.1, 0.15) is 0 Å². The van der Waals surface area contributed by atoms with Gasteiger partial charge < -0.3 is 10.2 Å². The van der Waals surface area contributed by atoms with Crippen molar-refractivity contribution in [2.45, 2.75) is 39.2 Å². The summed E-state index contributed by atoms with van der Waals surface area (Å²) < 4.78 is 0. The molecule has 0 unspecified atom stereocenters. The van der Waals surface area contributed by atoms with Gasteiger partial charge in [0.2, 0.25) is 5.95 Å². The van der Waals surface area contributed by atoms with E-state index in [1.807, 2.05) is 19.2 Å². The second kappa shape index (κ2) is 5.96. The van der Waals surface area contributed by atoms with Crippen LogP contribution in [-0.2, 0) is 0 Å². The largest absolute Gasteiger partial charge is 0.341 e. The van der Waals surface area contributed by atoms with Gasteiger partial charge in [0.25, 0.3) is 0 Å². The maximum absolute atomic E-state index is 4.48. The number of hydrogen-bond acceptors (Lipinski definition) is 4. The summed E-state index contributed by atoms with van der Waals surface area (Å²) in [5.41, 5.74) is 1.04. The van der Waals surface area contributed by atoms with E-state index < -0.39 is 0 Å². The lowest BCUT2D eigenvalue weighted by Crippen LogP contribution is -2.43. The smallest absolute Gasteiger partial charge is 0.225 e. The first-order valence-electron chi connectivity index (χ1n) is 6.57. The van der Waals surface area contributed by atoms with Gasteiger partial charge in [-0.05, 0) is 38.8 Å². The van der Waals surface area contributed by atoms with Crippen molar-refractivity contribution in [1.82, 2.24) is 15.3 Å². The molecule has 4 heteroatoms. The zero-order valence-electron chi connectivity index (χ0n) is 10.8. The minimum absolute atomic E-state index is 0.677. The van der Waals surface area contributed by atoms with E-state index in [0.717, 1.165) is 31.3 Å². The quantitative estimate of drug-likeness (QED) is 0.862. The molecule has 0 aromatic carbocycles. The normalized spacial score (nSPS) is 17.4. The predicted molar refractivity (Wildman–Crippen MR) is 70.3 cm³/mol. The molecule has 0 spiro atoms. The van der Waals surface area contributed by atoms with Crippen molar-refractivity contribution in [3.8, 4) is 0 Å². The number of aryl methyl sites for hydroxylation is 1. The molecule has 1 aliphatic heterocycles. The number of piperidine rings is 1. The lowest BCUT2D eigenvalue weighted by molar-refractivity contribution is 0.413. The van der Waals surface area contributed by atoms with E-state index in [1.54, 1.807) is 0 Å². The fraction of sp³-hybridized carbons (Fsp3) is 0.692. The van der Waals surface area contributed by atoms with E-state index >= 15 is 0 Å². The fourth-order valence-corrected chi connectivity index (χ4v) is 2.22. The molecule has 0 aliphatic carbocycles. The number of aromatic nitrogens is 2. The van der Waals surface area contributed by atoms with Crippen LogP contribution in [0.5, 0.6) is 0 Å². The van der Waals surface area contributed by atoms with Crippen molar-refractivity contribution in [1.29, 1.82) is 0 Å². The van der Waals surface area contributed by atoms with Crippen molar-refractivity contribution >= 4 is 5.95 Å². The van der Waals surface area contributed by atoms with Crippen molar-refractivity contribution < 1.29 is 0 Å². The van der Waals surface area contributed by atoms with Gasteiger partial charge in [-0.3, -0.25) is 0 Å². The average Bonchev–Trinajstić information content (AvgIpc) is 2.37. The first kappa shape index (κ1) is 12.3. The van der Waals surface area contributed by atoms with E-state index in [-0.39, 0.29) is 0 Å². The standard InChI is InChI=1S/C13H22N4/c1-3-7-14-12-5-9-17(10-6-12)13-15-8-4-11(2)16-13/h4,8,12,14H,3,5-7,9-10H2,1-2H3. The van der Waals surface area contributed by atoms with Crippen molar-refractivity contribution in [2.24, 2.45) is 0 Å². The summed E-state index contributed by atoms with van der Waals surface area (Å²) in [5.74, 6) is 0.888. The maximum Gasteiger partial charge on any atom is 0.225 e. The SMILES string of the molecule is CCCNC1CCN(c2nccc(C)n2)CC1. The van der Waals surface area contributed by atoms with E-state index in [4.69, 9.17) is 0 Å². The number of anilines is 1. The van der Waals surface area contributed by atoms with Gasteiger partial charge >= 0.3 is 0 Å². The molecular weight excluding hydrogens is 212 g/mol. The van der Waals surface area contributed by atoms with Crippen LogP contribution >= 0.6 is 0 Å². The monoisotopic (exact) mass is 234 g/mol. The lowest BCUT2D eigenvalue weighted by Gasteiger charge is -2.32. The highest BCUT2D eigenvalue weighted by molar-refractivity contribution is 5.30. The summed E-state index contributed by atoms with van der Waals surface area (Å²) >= 11 is 0. The molecule has 1 aromatic heterocycles.